The van der Waals surface area contributed by atoms with Crippen molar-refractivity contribution in [2.45, 2.75) is 5.41 Å². The zero-order valence-electron chi connectivity index (χ0n) is 21.1. The summed E-state index contributed by atoms with van der Waals surface area (Å²) < 4.78 is 0. The second kappa shape index (κ2) is 12.0. The first kappa shape index (κ1) is 31.1. The number of rotatable bonds is 2. The van der Waals surface area contributed by atoms with Gasteiger partial charge in [-0.25, -0.2) is 0 Å². The molecular weight excluding hydrogens is 638 g/mol. The summed E-state index contributed by atoms with van der Waals surface area (Å²) in [6.07, 6.45) is 0. The van der Waals surface area contributed by atoms with Gasteiger partial charge in [-0.05, 0) is 91.3 Å². The quantitative estimate of drug-likeness (QED) is 0.233. The molecule has 0 spiro atoms. The fourth-order valence-corrected chi connectivity index (χ4v) is 5.96. The van der Waals surface area contributed by atoms with Crippen LogP contribution in [-0.4, -0.2) is 21.2 Å². The summed E-state index contributed by atoms with van der Waals surface area (Å²) in [6.45, 7) is 0. The average molecular weight is 664 g/mol. The fraction of sp³-hybridized carbons (Fsp3) is 0.0303. The van der Waals surface area contributed by atoms with Crippen LogP contribution in [0.15, 0.2) is 121 Å². The van der Waals surface area contributed by atoms with Gasteiger partial charge in [-0.2, -0.15) is 0 Å². The fourth-order valence-electron chi connectivity index (χ4n) is 5.96. The van der Waals surface area contributed by atoms with E-state index in [2.05, 4.69) is 84.9 Å². The molecule has 1 aliphatic carbocycles. The van der Waals surface area contributed by atoms with Gasteiger partial charge in [-0.15, -0.1) is 0 Å². The molecule has 0 atom stereocenters. The summed E-state index contributed by atoms with van der Waals surface area (Å²) in [5, 5.41) is 24.2. The van der Waals surface area contributed by atoms with Crippen molar-refractivity contribution in [2.24, 2.45) is 0 Å². The van der Waals surface area contributed by atoms with Crippen LogP contribution in [0.1, 0.15) is 22.3 Å². The van der Waals surface area contributed by atoms with Gasteiger partial charge in [-0.3, -0.25) is 0 Å². The Bertz CT molecular complexity index is 1670. The Balaban J connectivity index is 0.00000105. The van der Waals surface area contributed by atoms with Crippen LogP contribution < -0.4 is 0 Å². The molecule has 6 aromatic rings. The van der Waals surface area contributed by atoms with E-state index in [-0.39, 0.29) is 87.9 Å². The zero-order chi connectivity index (χ0) is 23.6. The third-order valence-electron chi connectivity index (χ3n) is 7.47. The molecule has 7 rings (SSSR count). The molecule has 6 N–H and O–H groups in total. The van der Waals surface area contributed by atoms with E-state index in [4.69, 9.17) is 0 Å². The van der Waals surface area contributed by atoms with Crippen molar-refractivity contribution in [3.8, 4) is 22.6 Å². The van der Waals surface area contributed by atoms with Crippen molar-refractivity contribution in [1.82, 2.24) is 0 Å². The Hall–Kier alpha value is -2.43. The smallest absolute Gasteiger partial charge is 0.116 e. The van der Waals surface area contributed by atoms with Crippen LogP contribution in [0.25, 0.3) is 32.7 Å². The molecule has 0 aromatic heterocycles. The molecule has 6 aromatic carbocycles. The molecule has 0 bridgehead atoms. The van der Waals surface area contributed by atoms with E-state index in [1.807, 2.05) is 24.3 Å². The number of aromatic hydroxyl groups is 2. The summed E-state index contributed by atoms with van der Waals surface area (Å²) in [7, 11) is 0. The molecule has 188 valence electrons. The van der Waals surface area contributed by atoms with E-state index < -0.39 is 5.41 Å². The van der Waals surface area contributed by atoms with Crippen molar-refractivity contribution in [2.75, 3.05) is 0 Å². The van der Waals surface area contributed by atoms with E-state index in [9.17, 15) is 10.2 Å². The van der Waals surface area contributed by atoms with Crippen molar-refractivity contribution in [3.63, 3.8) is 0 Å². The normalized spacial score (nSPS) is 12.2. The van der Waals surface area contributed by atoms with Crippen LogP contribution in [0, 0.1) is 0 Å². The summed E-state index contributed by atoms with van der Waals surface area (Å²) in [5.74, 6) is 0.545. The molecule has 0 aliphatic heterocycles. The minimum Gasteiger partial charge on any atom is -0.508 e. The maximum Gasteiger partial charge on any atom is 0.116 e. The topological polar surface area (TPSA) is 103 Å². The van der Waals surface area contributed by atoms with Crippen molar-refractivity contribution >= 4 is 21.5 Å². The van der Waals surface area contributed by atoms with E-state index >= 15 is 0 Å². The number of benzene rings is 6. The summed E-state index contributed by atoms with van der Waals surface area (Å²) >= 11 is 0. The van der Waals surface area contributed by atoms with Crippen LogP contribution in [-0.2, 0) is 70.8 Å². The Kier molecular flexibility index (Phi) is 9.55. The Morgan fingerprint density at radius 2 is 0.769 bits per heavy atom. The first-order valence-corrected chi connectivity index (χ1v) is 11.8. The summed E-state index contributed by atoms with van der Waals surface area (Å²) in [5.41, 5.74) is 6.90. The van der Waals surface area contributed by atoms with E-state index in [1.165, 1.54) is 33.4 Å². The van der Waals surface area contributed by atoms with E-state index in [0.717, 1.165) is 21.5 Å². The second-order valence-corrected chi connectivity index (χ2v) is 9.33. The first-order valence-electron chi connectivity index (χ1n) is 11.8. The van der Waals surface area contributed by atoms with Gasteiger partial charge in [-0.1, -0.05) is 84.9 Å². The molecule has 4 nitrogen and oxygen atoms in total. The molecule has 0 heterocycles. The van der Waals surface area contributed by atoms with Gasteiger partial charge in [0.05, 0.1) is 5.41 Å². The number of phenolic OH excluding ortho intramolecular Hbond substituents is 2. The van der Waals surface area contributed by atoms with Gasteiger partial charge in [0.1, 0.15) is 11.5 Å². The zero-order valence-corrected chi connectivity index (χ0v) is 26.8. The van der Waals surface area contributed by atoms with Gasteiger partial charge in [0.15, 0.2) is 0 Å². The minimum atomic E-state index is -0.495. The molecule has 39 heavy (non-hydrogen) atoms. The number of hydrogen-bond acceptors (Lipinski definition) is 2. The summed E-state index contributed by atoms with van der Waals surface area (Å²) in [6, 6.07) is 41.6. The van der Waals surface area contributed by atoms with Crippen LogP contribution in [0.2, 0.25) is 0 Å². The number of fused-ring (bicyclic) bond motifs is 5. The Labute approximate surface area is 277 Å². The number of phenols is 2. The predicted octanol–water partition coefficient (Wildman–Crippen LogP) is 6.11. The third kappa shape index (κ3) is 4.78. The molecular formula is C33H26O4Y2. The average Bonchev–Trinajstić information content (AvgIpc) is 3.19. The van der Waals surface area contributed by atoms with Crippen molar-refractivity contribution < 1.29 is 86.6 Å². The predicted molar refractivity (Wildman–Crippen MR) is 149 cm³/mol. The van der Waals surface area contributed by atoms with Gasteiger partial charge in [0.25, 0.3) is 0 Å². The molecule has 1 aliphatic rings. The van der Waals surface area contributed by atoms with Crippen molar-refractivity contribution in [1.29, 1.82) is 0 Å². The van der Waals surface area contributed by atoms with Crippen LogP contribution in [0.5, 0.6) is 11.5 Å². The number of hydrogen-bond donors (Lipinski definition) is 2. The van der Waals surface area contributed by atoms with Gasteiger partial charge >= 0.3 is 0 Å². The Morgan fingerprint density at radius 1 is 0.410 bits per heavy atom. The molecule has 6 heteroatoms. The molecule has 0 amide bonds. The van der Waals surface area contributed by atoms with Crippen LogP contribution in [0.3, 0.4) is 0 Å². The standard InChI is InChI=1S/C33H22O2.2H2O.2Y/c34-27-15-11-21-17-25(13-9-23(21)19-27)33(26-14-10-24-20-28(35)16-12-22(24)18-26)31-7-3-1-5-29(31)30-6-2-4-8-32(30)33;;;;/h1-20,34-35H;2*1H2;;. The van der Waals surface area contributed by atoms with E-state index in [0.29, 0.717) is 0 Å². The molecule has 0 saturated carbocycles. The summed E-state index contributed by atoms with van der Waals surface area (Å²) in [4.78, 5) is 0. The van der Waals surface area contributed by atoms with E-state index in [1.54, 1.807) is 12.1 Å². The van der Waals surface area contributed by atoms with Gasteiger partial charge < -0.3 is 21.2 Å². The molecule has 2 radical (unpaired) electrons. The largest absolute Gasteiger partial charge is 0.508 e. The monoisotopic (exact) mass is 664 g/mol. The van der Waals surface area contributed by atoms with Crippen LogP contribution >= 0.6 is 0 Å². The first-order chi connectivity index (χ1) is 17.1. The van der Waals surface area contributed by atoms with Crippen LogP contribution in [0.4, 0.5) is 0 Å². The SMILES string of the molecule is O.O.Oc1ccc2cc(C3(c4ccc5cc(O)ccc5c4)c4ccccc4-c4ccccc43)ccc2c1.[Y].[Y]. The van der Waals surface area contributed by atoms with Gasteiger partial charge in [0.2, 0.25) is 0 Å². The molecule has 0 fully saturated rings. The maximum atomic E-state index is 10.0. The third-order valence-corrected chi connectivity index (χ3v) is 7.47. The van der Waals surface area contributed by atoms with Gasteiger partial charge in [0, 0.05) is 65.4 Å². The van der Waals surface area contributed by atoms with Crippen molar-refractivity contribution in [3.05, 3.63) is 144 Å². The minimum absolute atomic E-state index is 0. The Morgan fingerprint density at radius 3 is 1.21 bits per heavy atom. The second-order valence-electron chi connectivity index (χ2n) is 9.33. The molecule has 0 saturated heterocycles. The molecule has 0 unspecified atom stereocenters. The maximum absolute atomic E-state index is 10.0.